The predicted molar refractivity (Wildman–Crippen MR) is 86.6 cm³/mol. The normalized spacial score (nSPS) is 17.7. The molecule has 1 fully saturated rings. The number of likely N-dealkylation sites (N-methyl/N-ethyl adjacent to an activating group) is 1. The zero-order valence-corrected chi connectivity index (χ0v) is 13.5. The lowest BCUT2D eigenvalue weighted by Crippen LogP contribution is -2.52. The number of rotatable bonds is 5. The molecule has 1 aromatic carbocycles. The molecular weight excluding hydrogens is 298 g/mol. The van der Waals surface area contributed by atoms with Crippen molar-refractivity contribution in [3.8, 4) is 5.75 Å². The fourth-order valence-electron chi connectivity index (χ4n) is 2.63. The minimum atomic E-state index is -1.00. The van der Waals surface area contributed by atoms with E-state index in [4.69, 9.17) is 0 Å². The first-order valence-corrected chi connectivity index (χ1v) is 7.61. The highest BCUT2D eigenvalue weighted by Gasteiger charge is 2.30. The Bertz CT molecular complexity index is 583. The van der Waals surface area contributed by atoms with E-state index in [1.54, 1.807) is 12.1 Å². The molecule has 1 amide bonds. The van der Waals surface area contributed by atoms with Crippen LogP contribution in [0.2, 0.25) is 0 Å². The summed E-state index contributed by atoms with van der Waals surface area (Å²) in [6, 6.07) is 4.03. The summed E-state index contributed by atoms with van der Waals surface area (Å²) in [4.78, 5) is 27.6. The summed E-state index contributed by atoms with van der Waals surface area (Å²) in [7, 11) is 1.99. The summed E-state index contributed by atoms with van der Waals surface area (Å²) >= 11 is 0. The van der Waals surface area contributed by atoms with Crippen molar-refractivity contribution in [2.45, 2.75) is 19.4 Å². The number of piperazine rings is 1. The van der Waals surface area contributed by atoms with Crippen molar-refractivity contribution in [1.82, 2.24) is 9.80 Å². The summed E-state index contributed by atoms with van der Waals surface area (Å²) in [6.45, 7) is 4.65. The Hall–Kier alpha value is -2.12. The molecule has 0 aliphatic carbocycles. The van der Waals surface area contributed by atoms with Crippen LogP contribution >= 0.6 is 0 Å². The molecule has 1 atom stereocenters. The van der Waals surface area contributed by atoms with E-state index in [-0.39, 0.29) is 12.2 Å². The van der Waals surface area contributed by atoms with E-state index in [0.717, 1.165) is 18.7 Å². The van der Waals surface area contributed by atoms with Crippen molar-refractivity contribution in [2.24, 2.45) is 0 Å². The van der Waals surface area contributed by atoms with Crippen molar-refractivity contribution in [3.63, 3.8) is 0 Å². The largest absolute Gasteiger partial charge is 0.506 e. The third-order valence-electron chi connectivity index (χ3n) is 4.07. The second kappa shape index (κ2) is 7.43. The number of benzene rings is 1. The summed E-state index contributed by atoms with van der Waals surface area (Å²) in [5, 5.41) is 21.8. The quantitative estimate of drug-likeness (QED) is 0.692. The van der Waals surface area contributed by atoms with Gasteiger partial charge in [0.2, 0.25) is 5.91 Å². The molecule has 0 bridgehead atoms. The van der Waals surface area contributed by atoms with Gasteiger partial charge >= 0.3 is 5.97 Å². The lowest BCUT2D eigenvalue weighted by Gasteiger charge is -2.35. The maximum atomic E-state index is 12.2. The average molecular weight is 321 g/mol. The van der Waals surface area contributed by atoms with Gasteiger partial charge in [0.1, 0.15) is 11.8 Å². The third kappa shape index (κ3) is 4.67. The number of nitrogens with zero attached hydrogens (tertiary/aromatic N) is 2. The smallest absolute Gasteiger partial charge is 0.321 e. The number of aryl methyl sites for hydroxylation is 1. The SMILES string of the molecule is Cc1ccc(O)c(NC(=O)C[C@@H](C(=O)O)N2CCN(C)CC2)c1. The Kier molecular flexibility index (Phi) is 5.57. The van der Waals surface area contributed by atoms with Crippen LogP contribution < -0.4 is 5.32 Å². The van der Waals surface area contributed by atoms with E-state index in [0.29, 0.717) is 18.8 Å². The number of phenolic OH excluding ortho intramolecular Hbond substituents is 1. The summed E-state index contributed by atoms with van der Waals surface area (Å²) in [5.41, 5.74) is 1.20. The van der Waals surface area contributed by atoms with Gasteiger partial charge in [-0.2, -0.15) is 0 Å². The predicted octanol–water partition coefficient (Wildman–Crippen LogP) is 0.730. The van der Waals surface area contributed by atoms with Gasteiger partial charge < -0.3 is 20.4 Å². The molecule has 2 rings (SSSR count). The molecule has 23 heavy (non-hydrogen) atoms. The van der Waals surface area contributed by atoms with E-state index in [9.17, 15) is 19.8 Å². The average Bonchev–Trinajstić information content (AvgIpc) is 2.49. The fraction of sp³-hybridized carbons (Fsp3) is 0.500. The molecule has 0 saturated carbocycles. The van der Waals surface area contributed by atoms with E-state index in [2.05, 4.69) is 10.2 Å². The maximum absolute atomic E-state index is 12.2. The van der Waals surface area contributed by atoms with E-state index < -0.39 is 17.9 Å². The van der Waals surface area contributed by atoms with Crippen LogP contribution in [0.3, 0.4) is 0 Å². The second-order valence-corrected chi connectivity index (χ2v) is 5.97. The minimum absolute atomic E-state index is 0.0320. The first-order valence-electron chi connectivity index (χ1n) is 7.61. The zero-order chi connectivity index (χ0) is 17.0. The van der Waals surface area contributed by atoms with Crippen LogP contribution in [-0.4, -0.2) is 71.2 Å². The molecule has 1 aromatic rings. The second-order valence-electron chi connectivity index (χ2n) is 5.97. The molecule has 0 unspecified atom stereocenters. The van der Waals surface area contributed by atoms with Gasteiger partial charge in [-0.1, -0.05) is 6.07 Å². The lowest BCUT2D eigenvalue weighted by atomic mass is 10.1. The van der Waals surface area contributed by atoms with E-state index in [1.807, 2.05) is 18.9 Å². The number of aromatic hydroxyl groups is 1. The highest BCUT2D eigenvalue weighted by Crippen LogP contribution is 2.24. The first-order chi connectivity index (χ1) is 10.9. The van der Waals surface area contributed by atoms with Crippen LogP contribution in [0.4, 0.5) is 5.69 Å². The highest BCUT2D eigenvalue weighted by molar-refractivity contribution is 5.95. The Morgan fingerprint density at radius 3 is 2.52 bits per heavy atom. The van der Waals surface area contributed by atoms with Gasteiger partial charge in [-0.25, -0.2) is 0 Å². The summed E-state index contributed by atoms with van der Waals surface area (Å²) in [6.07, 6.45) is -0.146. The number of aliphatic carboxylic acids is 1. The Morgan fingerprint density at radius 2 is 1.91 bits per heavy atom. The van der Waals surface area contributed by atoms with Gasteiger partial charge in [-0.15, -0.1) is 0 Å². The van der Waals surface area contributed by atoms with Crippen LogP contribution in [-0.2, 0) is 9.59 Å². The molecule has 7 heteroatoms. The molecule has 0 radical (unpaired) electrons. The number of carbonyl (C=O) groups excluding carboxylic acids is 1. The zero-order valence-electron chi connectivity index (χ0n) is 13.5. The number of nitrogens with one attached hydrogen (secondary N) is 1. The highest BCUT2D eigenvalue weighted by atomic mass is 16.4. The van der Waals surface area contributed by atoms with Gasteiger partial charge in [0.15, 0.2) is 0 Å². The van der Waals surface area contributed by atoms with E-state index in [1.165, 1.54) is 6.07 Å². The molecule has 1 saturated heterocycles. The first kappa shape index (κ1) is 17.2. The Morgan fingerprint density at radius 1 is 1.26 bits per heavy atom. The topological polar surface area (TPSA) is 93.1 Å². The standard InChI is InChI=1S/C16H23N3O4/c1-11-3-4-14(20)12(9-11)17-15(21)10-13(16(22)23)19-7-5-18(2)6-8-19/h3-4,9,13,20H,5-8,10H2,1-2H3,(H,17,21)(H,22,23)/t13-/m0/s1. The summed E-state index contributed by atoms with van der Waals surface area (Å²) in [5.74, 6) is -1.45. The molecule has 1 aliphatic rings. The van der Waals surface area contributed by atoms with Crippen LogP contribution in [0.15, 0.2) is 18.2 Å². The van der Waals surface area contributed by atoms with Crippen molar-refractivity contribution < 1.29 is 19.8 Å². The molecule has 3 N–H and O–H groups in total. The molecule has 7 nitrogen and oxygen atoms in total. The van der Waals surface area contributed by atoms with Gasteiger partial charge in [-0.05, 0) is 31.7 Å². The fourth-order valence-corrected chi connectivity index (χ4v) is 2.63. The number of hydrogen-bond acceptors (Lipinski definition) is 5. The van der Waals surface area contributed by atoms with Crippen molar-refractivity contribution >= 4 is 17.6 Å². The lowest BCUT2D eigenvalue weighted by molar-refractivity contribution is -0.145. The van der Waals surface area contributed by atoms with Gasteiger partial charge in [0.05, 0.1) is 12.1 Å². The van der Waals surface area contributed by atoms with Crippen molar-refractivity contribution in [3.05, 3.63) is 23.8 Å². The van der Waals surface area contributed by atoms with Crippen LogP contribution in [0.25, 0.3) is 0 Å². The van der Waals surface area contributed by atoms with Gasteiger partial charge in [0.25, 0.3) is 0 Å². The molecule has 0 aromatic heterocycles. The number of carboxylic acid groups (broad SMARTS) is 1. The Labute approximate surface area is 135 Å². The molecule has 1 aliphatic heterocycles. The number of anilines is 1. The van der Waals surface area contributed by atoms with Crippen LogP contribution in [0.1, 0.15) is 12.0 Å². The molecule has 0 spiro atoms. The number of phenols is 1. The monoisotopic (exact) mass is 321 g/mol. The third-order valence-corrected chi connectivity index (χ3v) is 4.07. The number of hydrogen-bond donors (Lipinski definition) is 3. The summed E-state index contributed by atoms with van der Waals surface area (Å²) < 4.78 is 0. The Balaban J connectivity index is 2.00. The van der Waals surface area contributed by atoms with Gasteiger partial charge in [0, 0.05) is 26.2 Å². The number of carbonyl (C=O) groups is 2. The molecular formula is C16H23N3O4. The number of carboxylic acids is 1. The van der Waals surface area contributed by atoms with Crippen LogP contribution in [0.5, 0.6) is 5.75 Å². The maximum Gasteiger partial charge on any atom is 0.321 e. The van der Waals surface area contributed by atoms with E-state index >= 15 is 0 Å². The van der Waals surface area contributed by atoms with Gasteiger partial charge in [-0.3, -0.25) is 14.5 Å². The van der Waals surface area contributed by atoms with Crippen LogP contribution in [0, 0.1) is 6.92 Å². The molecule has 126 valence electrons. The number of amides is 1. The minimum Gasteiger partial charge on any atom is -0.506 e. The van der Waals surface area contributed by atoms with Crippen molar-refractivity contribution in [1.29, 1.82) is 0 Å². The molecule has 1 heterocycles. The van der Waals surface area contributed by atoms with Crippen molar-refractivity contribution in [2.75, 3.05) is 38.5 Å².